The van der Waals surface area contributed by atoms with E-state index in [0.29, 0.717) is 13.0 Å². The van der Waals surface area contributed by atoms with Crippen molar-refractivity contribution in [2.24, 2.45) is 0 Å². The Kier molecular flexibility index (Phi) is 6.21. The number of ether oxygens (including phenoxy) is 1. The summed E-state index contributed by atoms with van der Waals surface area (Å²) in [5.74, 6) is -0.216. The summed E-state index contributed by atoms with van der Waals surface area (Å²) in [6.07, 6.45) is -0.166. The quantitative estimate of drug-likeness (QED) is 0.874. The Morgan fingerprint density at radius 1 is 1.19 bits per heavy atom. The highest BCUT2D eigenvalue weighted by atomic mass is 16.6. The molecule has 5 nitrogen and oxygen atoms in total. The first-order valence-corrected chi connectivity index (χ1v) is 7.13. The number of benzene rings is 1. The van der Waals surface area contributed by atoms with Crippen molar-refractivity contribution in [3.8, 4) is 0 Å². The van der Waals surface area contributed by atoms with Crippen LogP contribution in [0.25, 0.3) is 0 Å². The van der Waals surface area contributed by atoms with Gasteiger partial charge in [0.2, 0.25) is 5.91 Å². The fourth-order valence-corrected chi connectivity index (χ4v) is 1.81. The smallest absolute Gasteiger partial charge is 0.408 e. The summed E-state index contributed by atoms with van der Waals surface area (Å²) in [6.45, 7) is 7.70. The van der Waals surface area contributed by atoms with Crippen LogP contribution in [0.2, 0.25) is 0 Å². The maximum Gasteiger partial charge on any atom is 0.408 e. The molecule has 2 N–H and O–H groups in total. The molecule has 0 aliphatic carbocycles. The van der Waals surface area contributed by atoms with Gasteiger partial charge < -0.3 is 15.4 Å². The number of hydrogen-bond donors (Lipinski definition) is 2. The second kappa shape index (κ2) is 7.67. The highest BCUT2D eigenvalue weighted by Gasteiger charge is 2.24. The molecule has 0 saturated carbocycles. The Hall–Kier alpha value is -2.04. The predicted octanol–water partition coefficient (Wildman–Crippen LogP) is 2.26. The Morgan fingerprint density at radius 3 is 2.33 bits per heavy atom. The highest BCUT2D eigenvalue weighted by Crippen LogP contribution is 2.08. The summed E-state index contributed by atoms with van der Waals surface area (Å²) < 4.78 is 5.20. The number of likely N-dealkylation sites (N-methyl/N-ethyl adjacent to an activating group) is 1. The van der Waals surface area contributed by atoms with E-state index < -0.39 is 17.7 Å². The monoisotopic (exact) mass is 292 g/mol. The maximum atomic E-state index is 12.1. The summed E-state index contributed by atoms with van der Waals surface area (Å²) >= 11 is 0. The van der Waals surface area contributed by atoms with Gasteiger partial charge in [0.05, 0.1) is 0 Å². The molecular weight excluding hydrogens is 268 g/mol. The van der Waals surface area contributed by atoms with Crippen LogP contribution in [0.4, 0.5) is 4.79 Å². The van der Waals surface area contributed by atoms with Gasteiger partial charge in [-0.05, 0) is 33.3 Å². The van der Waals surface area contributed by atoms with E-state index in [2.05, 4.69) is 10.6 Å². The fourth-order valence-electron chi connectivity index (χ4n) is 1.81. The summed E-state index contributed by atoms with van der Waals surface area (Å²) in [4.78, 5) is 23.9. The lowest BCUT2D eigenvalue weighted by Gasteiger charge is -2.23. The molecular formula is C16H24N2O3. The van der Waals surface area contributed by atoms with Crippen LogP contribution in [-0.2, 0) is 16.0 Å². The molecule has 1 aromatic rings. The number of amides is 2. The van der Waals surface area contributed by atoms with Crippen molar-refractivity contribution in [3.63, 3.8) is 0 Å². The molecule has 2 amide bonds. The topological polar surface area (TPSA) is 67.4 Å². The van der Waals surface area contributed by atoms with Crippen LogP contribution in [0, 0.1) is 0 Å². The van der Waals surface area contributed by atoms with Crippen LogP contribution >= 0.6 is 0 Å². The molecule has 0 radical (unpaired) electrons. The van der Waals surface area contributed by atoms with Crippen molar-refractivity contribution in [1.29, 1.82) is 0 Å². The molecule has 1 atom stereocenters. The van der Waals surface area contributed by atoms with Gasteiger partial charge in [0.1, 0.15) is 11.6 Å². The molecule has 1 aromatic carbocycles. The van der Waals surface area contributed by atoms with Gasteiger partial charge in [-0.25, -0.2) is 4.79 Å². The fraction of sp³-hybridized carbons (Fsp3) is 0.500. The van der Waals surface area contributed by atoms with Crippen molar-refractivity contribution in [1.82, 2.24) is 10.6 Å². The average Bonchev–Trinajstić information content (AvgIpc) is 2.37. The van der Waals surface area contributed by atoms with Crippen LogP contribution in [0.5, 0.6) is 0 Å². The summed E-state index contributed by atoms with van der Waals surface area (Å²) in [6, 6.07) is 8.90. The average molecular weight is 292 g/mol. The molecule has 0 heterocycles. The van der Waals surface area contributed by atoms with Gasteiger partial charge in [0.15, 0.2) is 0 Å². The lowest BCUT2D eigenvalue weighted by atomic mass is 10.1. The third-order valence-corrected chi connectivity index (χ3v) is 2.64. The number of carbonyl (C=O) groups excluding carboxylic acids is 2. The third kappa shape index (κ3) is 6.79. The molecule has 0 unspecified atom stereocenters. The molecule has 0 aliphatic heterocycles. The first-order chi connectivity index (χ1) is 9.81. The van der Waals surface area contributed by atoms with Crippen molar-refractivity contribution < 1.29 is 14.3 Å². The van der Waals surface area contributed by atoms with Gasteiger partial charge in [-0.1, -0.05) is 30.3 Å². The molecule has 0 spiro atoms. The van der Waals surface area contributed by atoms with E-state index in [-0.39, 0.29) is 5.91 Å². The van der Waals surface area contributed by atoms with Crippen LogP contribution in [0.15, 0.2) is 30.3 Å². The van der Waals surface area contributed by atoms with Gasteiger partial charge in [0.25, 0.3) is 0 Å². The zero-order valence-electron chi connectivity index (χ0n) is 13.1. The lowest BCUT2D eigenvalue weighted by Crippen LogP contribution is -2.49. The largest absolute Gasteiger partial charge is 0.444 e. The van der Waals surface area contributed by atoms with E-state index in [1.165, 1.54) is 0 Å². The predicted molar refractivity (Wildman–Crippen MR) is 82.0 cm³/mol. The number of nitrogens with one attached hydrogen (secondary N) is 2. The molecule has 1 rings (SSSR count). The Balaban J connectivity index is 2.73. The van der Waals surface area contributed by atoms with E-state index in [1.807, 2.05) is 37.3 Å². The Bertz CT molecular complexity index is 466. The van der Waals surface area contributed by atoms with E-state index in [4.69, 9.17) is 4.74 Å². The number of rotatable bonds is 5. The SMILES string of the molecule is CCNC(=O)[C@@H](Cc1ccccc1)NC(=O)OC(C)(C)C. The van der Waals surface area contributed by atoms with Crippen molar-refractivity contribution in [2.45, 2.75) is 45.8 Å². The Morgan fingerprint density at radius 2 is 1.81 bits per heavy atom. The van der Waals surface area contributed by atoms with Crippen molar-refractivity contribution in [2.75, 3.05) is 6.54 Å². The minimum Gasteiger partial charge on any atom is -0.444 e. The molecule has 0 bridgehead atoms. The number of hydrogen-bond acceptors (Lipinski definition) is 3. The molecule has 21 heavy (non-hydrogen) atoms. The molecule has 0 aliphatic rings. The summed E-state index contributed by atoms with van der Waals surface area (Å²) in [5.41, 5.74) is 0.382. The van der Waals surface area contributed by atoms with E-state index in [1.54, 1.807) is 20.8 Å². The highest BCUT2D eigenvalue weighted by molar-refractivity contribution is 5.85. The number of carbonyl (C=O) groups is 2. The van der Waals surface area contributed by atoms with E-state index in [0.717, 1.165) is 5.56 Å². The molecule has 0 aromatic heterocycles. The maximum absolute atomic E-state index is 12.1. The van der Waals surface area contributed by atoms with Gasteiger partial charge in [-0.3, -0.25) is 4.79 Å². The minimum atomic E-state index is -0.651. The normalized spacial score (nSPS) is 12.4. The van der Waals surface area contributed by atoms with Gasteiger partial charge in [-0.2, -0.15) is 0 Å². The zero-order chi connectivity index (χ0) is 15.9. The number of alkyl carbamates (subject to hydrolysis) is 1. The molecule has 116 valence electrons. The molecule has 0 saturated heterocycles. The molecule has 0 fully saturated rings. The van der Waals surface area contributed by atoms with Gasteiger partial charge in [-0.15, -0.1) is 0 Å². The second-order valence-corrected chi connectivity index (χ2v) is 5.78. The van der Waals surface area contributed by atoms with Crippen molar-refractivity contribution >= 4 is 12.0 Å². The second-order valence-electron chi connectivity index (χ2n) is 5.78. The van der Waals surface area contributed by atoms with Crippen LogP contribution in [0.1, 0.15) is 33.3 Å². The van der Waals surface area contributed by atoms with Gasteiger partial charge >= 0.3 is 6.09 Å². The van der Waals surface area contributed by atoms with Crippen LogP contribution < -0.4 is 10.6 Å². The third-order valence-electron chi connectivity index (χ3n) is 2.64. The zero-order valence-corrected chi connectivity index (χ0v) is 13.1. The first kappa shape index (κ1) is 17.0. The van der Waals surface area contributed by atoms with Crippen molar-refractivity contribution in [3.05, 3.63) is 35.9 Å². The lowest BCUT2D eigenvalue weighted by molar-refractivity contribution is -0.123. The summed E-state index contributed by atoms with van der Waals surface area (Å²) in [7, 11) is 0. The van der Waals surface area contributed by atoms with Gasteiger partial charge in [0, 0.05) is 13.0 Å². The van der Waals surface area contributed by atoms with E-state index in [9.17, 15) is 9.59 Å². The standard InChI is InChI=1S/C16H24N2O3/c1-5-17-14(19)13(11-12-9-7-6-8-10-12)18-15(20)21-16(2,3)4/h6-10,13H,5,11H2,1-4H3,(H,17,19)(H,18,20)/t13-/m1/s1. The van der Waals surface area contributed by atoms with Crippen LogP contribution in [0.3, 0.4) is 0 Å². The minimum absolute atomic E-state index is 0.216. The summed E-state index contributed by atoms with van der Waals surface area (Å²) in [5, 5.41) is 5.36. The first-order valence-electron chi connectivity index (χ1n) is 7.13. The molecule has 5 heteroatoms. The Labute approximate surface area is 126 Å². The van der Waals surface area contributed by atoms with E-state index >= 15 is 0 Å². The van der Waals surface area contributed by atoms with Crippen LogP contribution in [-0.4, -0.2) is 30.2 Å².